The Hall–Kier alpha value is -0.0800. The summed E-state index contributed by atoms with van der Waals surface area (Å²) in [4.78, 5) is 2.67. The van der Waals surface area contributed by atoms with Gasteiger partial charge in [0.15, 0.2) is 0 Å². The van der Waals surface area contributed by atoms with Crippen molar-refractivity contribution in [3.63, 3.8) is 0 Å². The van der Waals surface area contributed by atoms with E-state index >= 15 is 0 Å². The summed E-state index contributed by atoms with van der Waals surface area (Å²) in [5, 5.41) is 3.49. The van der Waals surface area contributed by atoms with Gasteiger partial charge in [-0.3, -0.25) is 4.90 Å². The molecule has 18 heavy (non-hydrogen) atoms. The molecule has 0 unspecified atom stereocenters. The minimum Gasteiger partial charge on any atom is -0.314 e. The SMILES string of the molecule is CCCCCCCCCCN1CCNCC1(C)C. The van der Waals surface area contributed by atoms with Gasteiger partial charge >= 0.3 is 0 Å². The van der Waals surface area contributed by atoms with Gasteiger partial charge < -0.3 is 5.32 Å². The third kappa shape index (κ3) is 6.19. The Balaban J connectivity index is 1.97. The van der Waals surface area contributed by atoms with E-state index in [-0.39, 0.29) is 0 Å². The first-order chi connectivity index (χ1) is 8.67. The van der Waals surface area contributed by atoms with Crippen molar-refractivity contribution >= 4 is 0 Å². The number of piperazine rings is 1. The van der Waals surface area contributed by atoms with Crippen molar-refractivity contribution in [3.05, 3.63) is 0 Å². The first-order valence-electron chi connectivity index (χ1n) is 8.12. The van der Waals surface area contributed by atoms with Crippen molar-refractivity contribution in [2.24, 2.45) is 0 Å². The zero-order chi connectivity index (χ0) is 13.3. The van der Waals surface area contributed by atoms with Crippen LogP contribution in [0.3, 0.4) is 0 Å². The van der Waals surface area contributed by atoms with Crippen LogP contribution in [-0.2, 0) is 0 Å². The van der Waals surface area contributed by atoms with Crippen LogP contribution in [0.5, 0.6) is 0 Å². The first-order valence-corrected chi connectivity index (χ1v) is 8.12. The number of unbranched alkanes of at least 4 members (excludes halogenated alkanes) is 7. The van der Waals surface area contributed by atoms with E-state index in [1.165, 1.54) is 71.0 Å². The second-order valence-corrected chi connectivity index (χ2v) is 6.45. The monoisotopic (exact) mass is 254 g/mol. The lowest BCUT2D eigenvalue weighted by molar-refractivity contribution is 0.0886. The fraction of sp³-hybridized carbons (Fsp3) is 1.00. The van der Waals surface area contributed by atoms with Gasteiger partial charge in [0.05, 0.1) is 0 Å². The highest BCUT2D eigenvalue weighted by Crippen LogP contribution is 2.17. The van der Waals surface area contributed by atoms with Crippen molar-refractivity contribution < 1.29 is 0 Å². The molecule has 0 aromatic heterocycles. The van der Waals surface area contributed by atoms with Crippen LogP contribution in [-0.4, -0.2) is 36.6 Å². The van der Waals surface area contributed by atoms with Crippen LogP contribution in [0, 0.1) is 0 Å². The van der Waals surface area contributed by atoms with E-state index in [4.69, 9.17) is 0 Å². The van der Waals surface area contributed by atoms with E-state index in [9.17, 15) is 0 Å². The number of hydrogen-bond donors (Lipinski definition) is 1. The lowest BCUT2D eigenvalue weighted by Gasteiger charge is -2.43. The van der Waals surface area contributed by atoms with Crippen molar-refractivity contribution in [2.45, 2.75) is 77.7 Å². The van der Waals surface area contributed by atoms with Crippen molar-refractivity contribution in [1.82, 2.24) is 10.2 Å². The van der Waals surface area contributed by atoms with E-state index in [0.717, 1.165) is 6.54 Å². The highest BCUT2D eigenvalue weighted by atomic mass is 15.2. The minimum absolute atomic E-state index is 0.360. The molecule has 0 amide bonds. The van der Waals surface area contributed by atoms with Crippen molar-refractivity contribution in [1.29, 1.82) is 0 Å². The van der Waals surface area contributed by atoms with Crippen LogP contribution < -0.4 is 5.32 Å². The fourth-order valence-electron chi connectivity index (χ4n) is 2.87. The predicted octanol–water partition coefficient (Wildman–Crippen LogP) is 3.81. The van der Waals surface area contributed by atoms with E-state index < -0.39 is 0 Å². The Morgan fingerprint density at radius 2 is 1.56 bits per heavy atom. The average molecular weight is 254 g/mol. The number of rotatable bonds is 9. The quantitative estimate of drug-likeness (QED) is 0.629. The highest BCUT2D eigenvalue weighted by Gasteiger charge is 2.28. The van der Waals surface area contributed by atoms with Gasteiger partial charge in [0, 0.05) is 25.2 Å². The topological polar surface area (TPSA) is 15.3 Å². The van der Waals surface area contributed by atoms with Crippen LogP contribution in [0.1, 0.15) is 72.1 Å². The van der Waals surface area contributed by atoms with Gasteiger partial charge in [-0.15, -0.1) is 0 Å². The Labute approximate surface area is 115 Å². The molecular weight excluding hydrogens is 220 g/mol. The van der Waals surface area contributed by atoms with E-state index in [2.05, 4.69) is 31.0 Å². The molecule has 1 rings (SSSR count). The molecule has 1 fully saturated rings. The maximum absolute atomic E-state index is 3.49. The van der Waals surface area contributed by atoms with Crippen LogP contribution >= 0.6 is 0 Å². The minimum atomic E-state index is 0.360. The molecule has 108 valence electrons. The van der Waals surface area contributed by atoms with E-state index in [0.29, 0.717) is 5.54 Å². The van der Waals surface area contributed by atoms with Crippen LogP contribution in [0.15, 0.2) is 0 Å². The summed E-state index contributed by atoms with van der Waals surface area (Å²) in [6.07, 6.45) is 11.4. The zero-order valence-electron chi connectivity index (χ0n) is 12.9. The molecule has 1 N–H and O–H groups in total. The number of hydrogen-bond acceptors (Lipinski definition) is 2. The first kappa shape index (κ1) is 16.0. The molecule has 0 bridgehead atoms. The van der Waals surface area contributed by atoms with Gasteiger partial charge in [0.2, 0.25) is 0 Å². The molecule has 1 saturated heterocycles. The Morgan fingerprint density at radius 3 is 2.17 bits per heavy atom. The standard InChI is InChI=1S/C16H34N2/c1-4-5-6-7-8-9-10-11-13-18-14-12-17-15-16(18,2)3/h17H,4-15H2,1-3H3. The molecule has 1 heterocycles. The summed E-state index contributed by atoms with van der Waals surface area (Å²) in [5.74, 6) is 0. The molecule has 1 aliphatic heterocycles. The van der Waals surface area contributed by atoms with Gasteiger partial charge in [-0.05, 0) is 26.8 Å². The molecule has 1 aliphatic rings. The Bertz CT molecular complexity index is 201. The van der Waals surface area contributed by atoms with Gasteiger partial charge in [-0.2, -0.15) is 0 Å². The average Bonchev–Trinajstić information content (AvgIpc) is 2.34. The van der Waals surface area contributed by atoms with Gasteiger partial charge in [0.25, 0.3) is 0 Å². The van der Waals surface area contributed by atoms with E-state index in [1.807, 2.05) is 0 Å². The van der Waals surface area contributed by atoms with Gasteiger partial charge in [0.1, 0.15) is 0 Å². The second-order valence-electron chi connectivity index (χ2n) is 6.45. The van der Waals surface area contributed by atoms with Crippen molar-refractivity contribution in [2.75, 3.05) is 26.2 Å². The number of nitrogens with one attached hydrogen (secondary N) is 1. The molecule has 0 aliphatic carbocycles. The lowest BCUT2D eigenvalue weighted by Crippen LogP contribution is -2.57. The normalized spacial score (nSPS) is 20.2. The molecular formula is C16H34N2. The summed E-state index contributed by atoms with van der Waals surface area (Å²) < 4.78 is 0. The Morgan fingerprint density at radius 1 is 0.944 bits per heavy atom. The smallest absolute Gasteiger partial charge is 0.0278 e. The zero-order valence-corrected chi connectivity index (χ0v) is 12.9. The summed E-state index contributed by atoms with van der Waals surface area (Å²) >= 11 is 0. The van der Waals surface area contributed by atoms with Gasteiger partial charge in [-0.1, -0.05) is 51.9 Å². The molecule has 0 spiro atoms. The second kappa shape index (κ2) is 8.92. The predicted molar refractivity (Wildman–Crippen MR) is 81.1 cm³/mol. The molecule has 0 radical (unpaired) electrons. The Kier molecular flexibility index (Phi) is 7.92. The summed E-state index contributed by atoms with van der Waals surface area (Å²) in [6.45, 7) is 11.8. The molecule has 0 atom stereocenters. The fourth-order valence-corrected chi connectivity index (χ4v) is 2.87. The molecule has 0 saturated carbocycles. The lowest BCUT2D eigenvalue weighted by atomic mass is 9.99. The van der Waals surface area contributed by atoms with Crippen LogP contribution in [0.2, 0.25) is 0 Å². The molecule has 0 aromatic rings. The maximum atomic E-state index is 3.49. The van der Waals surface area contributed by atoms with Gasteiger partial charge in [-0.25, -0.2) is 0 Å². The van der Waals surface area contributed by atoms with Crippen LogP contribution in [0.25, 0.3) is 0 Å². The van der Waals surface area contributed by atoms with E-state index in [1.54, 1.807) is 0 Å². The number of nitrogens with zero attached hydrogens (tertiary/aromatic N) is 1. The molecule has 2 heteroatoms. The highest BCUT2D eigenvalue weighted by molar-refractivity contribution is 4.87. The summed E-state index contributed by atoms with van der Waals surface area (Å²) in [7, 11) is 0. The third-order valence-corrected chi connectivity index (χ3v) is 4.25. The summed E-state index contributed by atoms with van der Waals surface area (Å²) in [6, 6.07) is 0. The van der Waals surface area contributed by atoms with Crippen LogP contribution in [0.4, 0.5) is 0 Å². The third-order valence-electron chi connectivity index (χ3n) is 4.25. The summed E-state index contributed by atoms with van der Waals surface area (Å²) in [5.41, 5.74) is 0.360. The van der Waals surface area contributed by atoms with Crippen molar-refractivity contribution in [3.8, 4) is 0 Å². The largest absolute Gasteiger partial charge is 0.314 e. The molecule has 2 nitrogen and oxygen atoms in total. The molecule has 0 aromatic carbocycles. The maximum Gasteiger partial charge on any atom is 0.0278 e.